The second-order valence-electron chi connectivity index (χ2n) is 3.10. The molecule has 0 spiro atoms. The summed E-state index contributed by atoms with van der Waals surface area (Å²) in [5, 5.41) is 18.1. The van der Waals surface area contributed by atoms with Crippen molar-refractivity contribution in [3.8, 4) is 17.6 Å². The Hall–Kier alpha value is -1.73. The molecule has 1 rings (SSSR count). The lowest BCUT2D eigenvalue weighted by molar-refractivity contribution is 0.234. The van der Waals surface area contributed by atoms with Crippen LogP contribution in [-0.2, 0) is 0 Å². The number of aliphatic hydroxyl groups is 1. The van der Waals surface area contributed by atoms with Crippen LogP contribution in [0.15, 0.2) is 12.1 Å². The smallest absolute Gasteiger partial charge is 0.166 e. The van der Waals surface area contributed by atoms with Gasteiger partial charge in [-0.25, -0.2) is 0 Å². The molecule has 0 aliphatic rings. The van der Waals surface area contributed by atoms with Crippen LogP contribution in [0.3, 0.4) is 0 Å². The van der Waals surface area contributed by atoms with Gasteiger partial charge in [-0.15, -0.1) is 0 Å². The molecule has 0 bridgehead atoms. The van der Waals surface area contributed by atoms with E-state index in [0.29, 0.717) is 17.1 Å². The van der Waals surface area contributed by atoms with Crippen LogP contribution >= 0.6 is 0 Å². The molecule has 0 fully saturated rings. The fourth-order valence-corrected chi connectivity index (χ4v) is 1.36. The maximum absolute atomic E-state index is 9.44. The van der Waals surface area contributed by atoms with Gasteiger partial charge in [0.1, 0.15) is 0 Å². The molecule has 0 aliphatic heterocycles. The number of aryl methyl sites for hydroxylation is 1. The number of methoxy groups -OCH3 is 2. The number of hydrogen-bond acceptors (Lipinski definition) is 4. The zero-order valence-electron chi connectivity index (χ0n) is 8.94. The van der Waals surface area contributed by atoms with Gasteiger partial charge in [0, 0.05) is 5.56 Å². The Balaban J connectivity index is 3.27. The zero-order chi connectivity index (χ0) is 11.4. The van der Waals surface area contributed by atoms with E-state index in [1.165, 1.54) is 14.2 Å². The first kappa shape index (κ1) is 11.3. The first-order valence-corrected chi connectivity index (χ1v) is 4.44. The predicted molar refractivity (Wildman–Crippen MR) is 54.9 cm³/mol. The summed E-state index contributed by atoms with van der Waals surface area (Å²) in [6, 6.07) is 5.11. The maximum atomic E-state index is 9.44. The Bertz CT molecular complexity index is 396. The van der Waals surface area contributed by atoms with Crippen molar-refractivity contribution in [1.82, 2.24) is 0 Å². The highest BCUT2D eigenvalue weighted by atomic mass is 16.5. The number of nitriles is 1. The third-order valence-corrected chi connectivity index (χ3v) is 2.19. The summed E-state index contributed by atoms with van der Waals surface area (Å²) in [5.74, 6) is 1.09. The van der Waals surface area contributed by atoms with Crippen molar-refractivity contribution in [3.63, 3.8) is 0 Å². The molecule has 1 aromatic carbocycles. The van der Waals surface area contributed by atoms with Gasteiger partial charge < -0.3 is 14.6 Å². The van der Waals surface area contributed by atoms with Crippen LogP contribution in [-0.4, -0.2) is 19.3 Å². The van der Waals surface area contributed by atoms with Crippen molar-refractivity contribution < 1.29 is 14.6 Å². The van der Waals surface area contributed by atoms with E-state index in [4.69, 9.17) is 14.7 Å². The molecule has 4 nitrogen and oxygen atoms in total. The van der Waals surface area contributed by atoms with Gasteiger partial charge in [0.2, 0.25) is 0 Å². The second-order valence-corrected chi connectivity index (χ2v) is 3.10. The highest BCUT2D eigenvalue weighted by molar-refractivity contribution is 5.48. The Morgan fingerprint density at radius 2 is 1.80 bits per heavy atom. The van der Waals surface area contributed by atoms with E-state index in [1.807, 2.05) is 0 Å². The molecule has 0 heterocycles. The minimum atomic E-state index is -1.13. The Labute approximate surface area is 88.7 Å². The normalized spacial score (nSPS) is 11.7. The largest absolute Gasteiger partial charge is 0.493 e. The monoisotopic (exact) mass is 207 g/mol. The fraction of sp³-hybridized carbons (Fsp3) is 0.364. The molecular weight excluding hydrogens is 194 g/mol. The van der Waals surface area contributed by atoms with Crippen LogP contribution in [0.5, 0.6) is 11.5 Å². The number of nitrogens with zero attached hydrogens (tertiary/aromatic N) is 1. The molecule has 0 radical (unpaired) electrons. The molecular formula is C11H13NO3. The zero-order valence-corrected chi connectivity index (χ0v) is 8.94. The van der Waals surface area contributed by atoms with Crippen molar-refractivity contribution in [2.24, 2.45) is 0 Å². The molecule has 0 amide bonds. The lowest BCUT2D eigenvalue weighted by Gasteiger charge is -2.13. The van der Waals surface area contributed by atoms with Gasteiger partial charge >= 0.3 is 0 Å². The molecule has 1 atom stereocenters. The van der Waals surface area contributed by atoms with Gasteiger partial charge in [0.05, 0.1) is 20.3 Å². The summed E-state index contributed by atoms with van der Waals surface area (Å²) in [6.45, 7) is 1.80. The summed E-state index contributed by atoms with van der Waals surface area (Å²) in [4.78, 5) is 0. The molecule has 1 N–H and O–H groups in total. The van der Waals surface area contributed by atoms with Crippen LogP contribution in [0.2, 0.25) is 0 Å². The van der Waals surface area contributed by atoms with E-state index in [2.05, 4.69) is 0 Å². The quantitative estimate of drug-likeness (QED) is 0.764. The Morgan fingerprint density at radius 1 is 1.27 bits per heavy atom. The van der Waals surface area contributed by atoms with Gasteiger partial charge in [-0.3, -0.25) is 0 Å². The minimum absolute atomic E-state index is 0.507. The molecule has 80 valence electrons. The summed E-state index contributed by atoms with van der Waals surface area (Å²) in [6.07, 6.45) is -1.13. The number of aliphatic hydroxyl groups excluding tert-OH is 1. The topological polar surface area (TPSA) is 62.5 Å². The van der Waals surface area contributed by atoms with E-state index in [-0.39, 0.29) is 0 Å². The molecule has 4 heteroatoms. The predicted octanol–water partition coefficient (Wildman–Crippen LogP) is 1.57. The molecule has 0 saturated carbocycles. The van der Waals surface area contributed by atoms with Gasteiger partial charge in [-0.1, -0.05) is 0 Å². The summed E-state index contributed by atoms with van der Waals surface area (Å²) < 4.78 is 10.2. The average molecular weight is 207 g/mol. The second kappa shape index (κ2) is 4.67. The van der Waals surface area contributed by atoms with Crippen molar-refractivity contribution >= 4 is 0 Å². The molecule has 0 saturated heterocycles. The number of hydrogen-bond donors (Lipinski definition) is 1. The third-order valence-electron chi connectivity index (χ3n) is 2.19. The first-order chi connectivity index (χ1) is 7.13. The fourth-order valence-electron chi connectivity index (χ4n) is 1.36. The highest BCUT2D eigenvalue weighted by Gasteiger charge is 2.14. The summed E-state index contributed by atoms with van der Waals surface area (Å²) in [7, 11) is 3.05. The van der Waals surface area contributed by atoms with Crippen molar-refractivity contribution in [1.29, 1.82) is 5.26 Å². The van der Waals surface area contributed by atoms with E-state index in [0.717, 1.165) is 5.56 Å². The Morgan fingerprint density at radius 3 is 2.27 bits per heavy atom. The summed E-state index contributed by atoms with van der Waals surface area (Å²) >= 11 is 0. The lowest BCUT2D eigenvalue weighted by Crippen LogP contribution is -2.00. The third kappa shape index (κ3) is 2.20. The van der Waals surface area contributed by atoms with E-state index >= 15 is 0 Å². The minimum Gasteiger partial charge on any atom is -0.493 e. The van der Waals surface area contributed by atoms with Gasteiger partial charge in [-0.2, -0.15) is 5.26 Å². The molecule has 0 aromatic heterocycles. The van der Waals surface area contributed by atoms with Gasteiger partial charge in [0.25, 0.3) is 0 Å². The van der Waals surface area contributed by atoms with Crippen LogP contribution in [0.4, 0.5) is 0 Å². The number of benzene rings is 1. The van der Waals surface area contributed by atoms with Crippen LogP contribution in [0.1, 0.15) is 17.2 Å². The van der Waals surface area contributed by atoms with Crippen LogP contribution < -0.4 is 9.47 Å². The van der Waals surface area contributed by atoms with Crippen LogP contribution in [0, 0.1) is 18.3 Å². The lowest BCUT2D eigenvalue weighted by atomic mass is 10.0. The van der Waals surface area contributed by atoms with Gasteiger partial charge in [0.15, 0.2) is 17.6 Å². The molecule has 0 unspecified atom stereocenters. The highest BCUT2D eigenvalue weighted by Crippen LogP contribution is 2.32. The Kier molecular flexibility index (Phi) is 3.53. The van der Waals surface area contributed by atoms with E-state index in [9.17, 15) is 5.11 Å². The average Bonchev–Trinajstić information content (AvgIpc) is 2.27. The first-order valence-electron chi connectivity index (χ1n) is 4.44. The molecule has 0 aliphatic carbocycles. The van der Waals surface area contributed by atoms with Crippen molar-refractivity contribution in [3.05, 3.63) is 23.3 Å². The van der Waals surface area contributed by atoms with Gasteiger partial charge in [-0.05, 0) is 24.6 Å². The number of rotatable bonds is 3. The standard InChI is InChI=1S/C11H13NO3/c1-7-4-10(14-2)11(15-3)5-8(7)9(13)6-12/h4-5,9,13H,1-3H3/t9-/m1/s1. The van der Waals surface area contributed by atoms with Crippen molar-refractivity contribution in [2.75, 3.05) is 14.2 Å². The van der Waals surface area contributed by atoms with E-state index in [1.54, 1.807) is 25.1 Å². The number of ether oxygens (including phenoxy) is 2. The van der Waals surface area contributed by atoms with Crippen molar-refractivity contribution in [2.45, 2.75) is 13.0 Å². The summed E-state index contributed by atoms with van der Waals surface area (Å²) in [5.41, 5.74) is 1.33. The van der Waals surface area contributed by atoms with E-state index < -0.39 is 6.10 Å². The maximum Gasteiger partial charge on any atom is 0.166 e. The molecule has 1 aromatic rings. The van der Waals surface area contributed by atoms with Crippen LogP contribution in [0.25, 0.3) is 0 Å². The SMILES string of the molecule is COc1cc(C)c([C@H](O)C#N)cc1OC. The molecule has 15 heavy (non-hydrogen) atoms.